The molecule has 3 N–H and O–H groups in total. The molecule has 0 aromatic rings. The molecule has 0 aliphatic carbocycles. The quantitative estimate of drug-likeness (QED) is 0.361. The first-order chi connectivity index (χ1) is 6.06. The van der Waals surface area contributed by atoms with Crippen molar-refractivity contribution < 1.29 is 29.6 Å². The zero-order valence-corrected chi connectivity index (χ0v) is 6.71. The van der Waals surface area contributed by atoms with E-state index < -0.39 is 24.6 Å². The summed E-state index contributed by atoms with van der Waals surface area (Å²) in [6, 6.07) is 0. The molecule has 0 amide bonds. The summed E-state index contributed by atoms with van der Waals surface area (Å²) in [5.41, 5.74) is 0. The fourth-order valence-electron chi connectivity index (χ4n) is 0.418. The summed E-state index contributed by atoms with van der Waals surface area (Å²) >= 11 is 0. The van der Waals surface area contributed by atoms with Gasteiger partial charge >= 0.3 is 11.9 Å². The van der Waals surface area contributed by atoms with Crippen LogP contribution in [-0.2, 0) is 14.3 Å². The fraction of sp³-hybridized carbons (Fsp3) is 0.429. The number of rotatable bonds is 5. The Kier molecular flexibility index (Phi) is 5.49. The highest BCUT2D eigenvalue weighted by molar-refractivity contribution is 5.90. The van der Waals surface area contributed by atoms with Gasteiger partial charge in [0.2, 0.25) is 0 Å². The summed E-state index contributed by atoms with van der Waals surface area (Å²) in [6.45, 7) is -0.880. The minimum atomic E-state index is -1.26. The highest BCUT2D eigenvalue weighted by atomic mass is 16.5. The minimum Gasteiger partial charge on any atom is -0.478 e. The van der Waals surface area contributed by atoms with Crippen molar-refractivity contribution >= 4 is 11.9 Å². The number of carbonyl (C=O) groups is 2. The van der Waals surface area contributed by atoms with E-state index in [4.69, 9.17) is 15.3 Å². The van der Waals surface area contributed by atoms with Gasteiger partial charge in [0, 0.05) is 12.2 Å². The molecule has 0 heterocycles. The molecule has 0 rings (SSSR count). The average molecular weight is 190 g/mol. The van der Waals surface area contributed by atoms with Crippen LogP contribution in [0, 0.1) is 0 Å². The predicted octanol–water partition coefficient (Wildman–Crippen LogP) is -1.48. The zero-order valence-electron chi connectivity index (χ0n) is 6.71. The SMILES string of the molecule is O=C(O)/C=C/C(=O)OCC(O)CO. The molecule has 0 saturated heterocycles. The number of esters is 1. The van der Waals surface area contributed by atoms with E-state index in [9.17, 15) is 9.59 Å². The maximum Gasteiger partial charge on any atom is 0.331 e. The number of aliphatic hydroxyl groups is 2. The number of aliphatic carboxylic acids is 1. The van der Waals surface area contributed by atoms with Gasteiger partial charge in [-0.05, 0) is 0 Å². The molecule has 1 atom stereocenters. The van der Waals surface area contributed by atoms with Crippen molar-refractivity contribution in [1.82, 2.24) is 0 Å². The maximum absolute atomic E-state index is 10.6. The zero-order chi connectivity index (χ0) is 10.3. The standard InChI is InChI=1S/C7H10O6/c8-3-5(9)4-13-7(12)2-1-6(10)11/h1-2,5,8-9H,3-4H2,(H,10,11)/b2-1+. The van der Waals surface area contributed by atoms with Gasteiger partial charge in [-0.1, -0.05) is 0 Å². The van der Waals surface area contributed by atoms with Crippen LogP contribution in [0.2, 0.25) is 0 Å². The van der Waals surface area contributed by atoms with E-state index in [1.165, 1.54) is 0 Å². The summed E-state index contributed by atoms with van der Waals surface area (Å²) in [7, 11) is 0. The molecular weight excluding hydrogens is 180 g/mol. The molecule has 0 aromatic carbocycles. The summed E-state index contributed by atoms with van der Waals surface area (Å²) < 4.78 is 4.35. The lowest BCUT2D eigenvalue weighted by Crippen LogP contribution is -2.21. The van der Waals surface area contributed by atoms with Gasteiger partial charge < -0.3 is 20.1 Å². The summed E-state index contributed by atoms with van der Waals surface area (Å²) in [5, 5.41) is 25.1. The number of carboxylic acid groups (broad SMARTS) is 1. The highest BCUT2D eigenvalue weighted by Gasteiger charge is 2.04. The van der Waals surface area contributed by atoms with Crippen LogP contribution in [-0.4, -0.2) is 46.6 Å². The third kappa shape index (κ3) is 6.98. The number of aliphatic hydroxyl groups excluding tert-OH is 2. The molecule has 0 spiro atoms. The molecule has 0 bridgehead atoms. The largest absolute Gasteiger partial charge is 0.478 e. The van der Waals surface area contributed by atoms with Gasteiger partial charge in [-0.3, -0.25) is 0 Å². The Morgan fingerprint density at radius 3 is 2.46 bits per heavy atom. The topological polar surface area (TPSA) is 104 Å². The number of carboxylic acids is 1. The first-order valence-corrected chi connectivity index (χ1v) is 3.43. The van der Waals surface area contributed by atoms with E-state index in [1.54, 1.807) is 0 Å². The lowest BCUT2D eigenvalue weighted by molar-refractivity contribution is -0.142. The Bertz CT molecular complexity index is 209. The number of carbonyl (C=O) groups excluding carboxylic acids is 1. The highest BCUT2D eigenvalue weighted by Crippen LogP contribution is 1.86. The first kappa shape index (κ1) is 11.6. The molecule has 0 aromatic heterocycles. The van der Waals surface area contributed by atoms with E-state index in [0.717, 1.165) is 0 Å². The Morgan fingerprint density at radius 2 is 2.00 bits per heavy atom. The van der Waals surface area contributed by atoms with E-state index >= 15 is 0 Å². The normalized spacial score (nSPS) is 12.8. The summed E-state index contributed by atoms with van der Waals surface area (Å²) in [5.74, 6) is -2.14. The first-order valence-electron chi connectivity index (χ1n) is 3.43. The van der Waals surface area contributed by atoms with Crippen LogP contribution in [0.4, 0.5) is 0 Å². The number of ether oxygens (including phenoxy) is 1. The third-order valence-corrected chi connectivity index (χ3v) is 0.991. The Labute approximate surface area is 74.1 Å². The molecule has 1 unspecified atom stereocenters. The Balaban J connectivity index is 3.69. The van der Waals surface area contributed by atoms with Crippen molar-refractivity contribution in [3.8, 4) is 0 Å². The van der Waals surface area contributed by atoms with Gasteiger partial charge in [-0.2, -0.15) is 0 Å². The average Bonchev–Trinajstić information content (AvgIpc) is 2.10. The molecule has 0 radical (unpaired) electrons. The molecule has 0 fully saturated rings. The molecule has 6 heteroatoms. The molecule has 74 valence electrons. The molecule has 0 saturated carbocycles. The van der Waals surface area contributed by atoms with Gasteiger partial charge in [-0.15, -0.1) is 0 Å². The lowest BCUT2D eigenvalue weighted by Gasteiger charge is -2.05. The minimum absolute atomic E-state index is 0.362. The van der Waals surface area contributed by atoms with Crippen molar-refractivity contribution in [2.45, 2.75) is 6.10 Å². The second-order valence-corrected chi connectivity index (χ2v) is 2.14. The van der Waals surface area contributed by atoms with Crippen LogP contribution in [0.5, 0.6) is 0 Å². The molecule has 6 nitrogen and oxygen atoms in total. The van der Waals surface area contributed by atoms with E-state index in [0.29, 0.717) is 12.2 Å². The third-order valence-electron chi connectivity index (χ3n) is 0.991. The van der Waals surface area contributed by atoms with Crippen molar-refractivity contribution in [2.24, 2.45) is 0 Å². The van der Waals surface area contributed by atoms with Crippen LogP contribution in [0.3, 0.4) is 0 Å². The van der Waals surface area contributed by atoms with Gasteiger partial charge in [0.15, 0.2) is 0 Å². The number of hydrogen-bond acceptors (Lipinski definition) is 5. The van der Waals surface area contributed by atoms with E-state index in [2.05, 4.69) is 4.74 Å². The lowest BCUT2D eigenvalue weighted by atomic mass is 10.4. The van der Waals surface area contributed by atoms with Crippen molar-refractivity contribution in [2.75, 3.05) is 13.2 Å². The molecular formula is C7H10O6. The smallest absolute Gasteiger partial charge is 0.331 e. The Morgan fingerprint density at radius 1 is 1.38 bits per heavy atom. The van der Waals surface area contributed by atoms with Crippen molar-refractivity contribution in [1.29, 1.82) is 0 Å². The monoisotopic (exact) mass is 190 g/mol. The van der Waals surface area contributed by atoms with Gasteiger partial charge in [0.05, 0.1) is 6.61 Å². The second-order valence-electron chi connectivity index (χ2n) is 2.14. The van der Waals surface area contributed by atoms with Crippen LogP contribution >= 0.6 is 0 Å². The van der Waals surface area contributed by atoms with Gasteiger partial charge in [-0.25, -0.2) is 9.59 Å². The van der Waals surface area contributed by atoms with Crippen LogP contribution in [0.15, 0.2) is 12.2 Å². The van der Waals surface area contributed by atoms with Crippen molar-refractivity contribution in [3.63, 3.8) is 0 Å². The van der Waals surface area contributed by atoms with Crippen LogP contribution < -0.4 is 0 Å². The van der Waals surface area contributed by atoms with Gasteiger partial charge in [0.25, 0.3) is 0 Å². The van der Waals surface area contributed by atoms with E-state index in [1.807, 2.05) is 0 Å². The summed E-state index contributed by atoms with van der Waals surface area (Å²) in [4.78, 5) is 20.5. The van der Waals surface area contributed by atoms with Crippen molar-refractivity contribution in [3.05, 3.63) is 12.2 Å². The van der Waals surface area contributed by atoms with Gasteiger partial charge in [0.1, 0.15) is 12.7 Å². The predicted molar refractivity (Wildman–Crippen MR) is 40.8 cm³/mol. The van der Waals surface area contributed by atoms with E-state index in [-0.39, 0.29) is 6.61 Å². The maximum atomic E-state index is 10.6. The second kappa shape index (κ2) is 6.15. The fourth-order valence-corrected chi connectivity index (χ4v) is 0.418. The molecule has 13 heavy (non-hydrogen) atoms. The number of hydrogen-bond donors (Lipinski definition) is 3. The molecule has 0 aliphatic heterocycles. The van der Waals surface area contributed by atoms with Crippen LogP contribution in [0.25, 0.3) is 0 Å². The summed E-state index contributed by atoms with van der Waals surface area (Å²) in [6.07, 6.45) is 0.197. The van der Waals surface area contributed by atoms with Crippen LogP contribution in [0.1, 0.15) is 0 Å². The molecule has 0 aliphatic rings. The Hall–Kier alpha value is -1.40.